The fraction of sp³-hybridized carbons (Fsp3) is 0.500. The number of pyridine rings is 1. The van der Waals surface area contributed by atoms with Gasteiger partial charge in [0.15, 0.2) is 0 Å². The number of aromatic nitrogens is 1. The van der Waals surface area contributed by atoms with Crippen molar-refractivity contribution < 1.29 is 48.0 Å². The lowest BCUT2D eigenvalue weighted by Crippen LogP contribution is -2.48. The molecule has 3 aromatic carbocycles. The summed E-state index contributed by atoms with van der Waals surface area (Å²) in [6.07, 6.45) is 3.65. The number of nitrogens with zero attached hydrogens (tertiary/aromatic N) is 4. The van der Waals surface area contributed by atoms with Crippen molar-refractivity contribution in [3.8, 4) is 11.1 Å². The first kappa shape index (κ1) is 55.4. The minimum atomic E-state index is -1.04. The number of fused-ring (bicyclic) bond motifs is 1. The number of hydrogen-bond acceptors (Lipinski definition) is 13. The summed E-state index contributed by atoms with van der Waals surface area (Å²) >= 11 is 0. The van der Waals surface area contributed by atoms with Crippen molar-refractivity contribution >= 4 is 40.3 Å². The summed E-state index contributed by atoms with van der Waals surface area (Å²) < 4.78 is 27.3. The zero-order valence-electron chi connectivity index (χ0n) is 40.1. The Morgan fingerprint density at radius 2 is 1.39 bits per heavy atom. The van der Waals surface area contributed by atoms with Gasteiger partial charge < -0.3 is 55.4 Å². The molecule has 1 aromatic heterocycles. The van der Waals surface area contributed by atoms with Crippen molar-refractivity contribution in [2.45, 2.75) is 58.5 Å². The van der Waals surface area contributed by atoms with Crippen LogP contribution < -0.4 is 26.6 Å². The van der Waals surface area contributed by atoms with Gasteiger partial charge >= 0.3 is 5.97 Å². The highest BCUT2D eigenvalue weighted by molar-refractivity contribution is 6.11. The number of ether oxygens (including phenoxy) is 5. The lowest BCUT2D eigenvalue weighted by molar-refractivity contribution is -0.137. The van der Waals surface area contributed by atoms with Crippen molar-refractivity contribution in [1.82, 2.24) is 26.3 Å². The number of aryl methyl sites for hydroxylation is 1. The SMILES string of the molecule is Cc1ccnc(NCCCCNCC(=O)N[C@@H](CC(=O)O)c2ccc(-c3ccc(C(=O)N[C@@H](CC(C)C)C(=O)NCCOCCOCCOCCOCCOCCN=[N+]=[N-])c4ccccc34)cc2)c1. The van der Waals surface area contributed by atoms with Crippen molar-refractivity contribution in [3.05, 3.63) is 106 Å². The Balaban J connectivity index is 1.21. The molecule has 0 unspecified atom stereocenters. The highest BCUT2D eigenvalue weighted by Gasteiger charge is 2.24. The average Bonchev–Trinajstić information content (AvgIpc) is 3.33. The van der Waals surface area contributed by atoms with Gasteiger partial charge in [0.1, 0.15) is 11.9 Å². The van der Waals surface area contributed by atoms with Gasteiger partial charge in [-0.2, -0.15) is 0 Å². The van der Waals surface area contributed by atoms with Gasteiger partial charge in [-0.15, -0.1) is 0 Å². The van der Waals surface area contributed by atoms with E-state index in [1.807, 2.05) is 87.5 Å². The second-order valence-electron chi connectivity index (χ2n) is 16.5. The van der Waals surface area contributed by atoms with E-state index >= 15 is 0 Å². The summed E-state index contributed by atoms with van der Waals surface area (Å²) in [5.74, 6) is -1.06. The molecule has 69 heavy (non-hydrogen) atoms. The molecule has 0 aliphatic heterocycles. The quantitative estimate of drug-likeness (QED) is 0.0133. The highest BCUT2D eigenvalue weighted by atomic mass is 16.6. The normalized spacial score (nSPS) is 12.0. The summed E-state index contributed by atoms with van der Waals surface area (Å²) in [6, 6.07) is 21.0. The van der Waals surface area contributed by atoms with Crippen molar-refractivity contribution in [3.63, 3.8) is 0 Å². The van der Waals surface area contributed by atoms with E-state index in [4.69, 9.17) is 29.2 Å². The van der Waals surface area contributed by atoms with Crippen LogP contribution in [0, 0.1) is 12.8 Å². The second kappa shape index (κ2) is 32.5. The minimum absolute atomic E-state index is 0.0575. The number of carboxylic acids is 1. The molecule has 19 nitrogen and oxygen atoms in total. The van der Waals surface area contributed by atoms with Crippen LogP contribution in [0.25, 0.3) is 32.3 Å². The molecule has 2 atom stereocenters. The molecule has 4 rings (SSSR count). The fourth-order valence-corrected chi connectivity index (χ4v) is 7.18. The molecular formula is C50H69N9O10. The van der Waals surface area contributed by atoms with Gasteiger partial charge in [-0.25, -0.2) is 4.98 Å². The lowest BCUT2D eigenvalue weighted by Gasteiger charge is -2.21. The van der Waals surface area contributed by atoms with E-state index in [2.05, 4.69) is 41.6 Å². The number of benzene rings is 3. The zero-order valence-corrected chi connectivity index (χ0v) is 40.1. The topological polar surface area (TPSA) is 256 Å². The Labute approximate surface area is 404 Å². The molecule has 0 saturated heterocycles. The first-order valence-corrected chi connectivity index (χ1v) is 23.5. The van der Waals surface area contributed by atoms with Crippen LogP contribution in [-0.4, -0.2) is 139 Å². The monoisotopic (exact) mass is 956 g/mol. The number of aliphatic carboxylic acids is 1. The van der Waals surface area contributed by atoms with Crippen LogP contribution >= 0.6 is 0 Å². The van der Waals surface area contributed by atoms with Crippen LogP contribution in [0.2, 0.25) is 0 Å². The van der Waals surface area contributed by atoms with Gasteiger partial charge in [-0.05, 0) is 95.4 Å². The highest BCUT2D eigenvalue weighted by Crippen LogP contribution is 2.32. The number of anilines is 1. The summed E-state index contributed by atoms with van der Waals surface area (Å²) in [6.45, 7) is 11.8. The molecule has 0 aliphatic rings. The molecule has 6 N–H and O–H groups in total. The predicted molar refractivity (Wildman–Crippen MR) is 264 cm³/mol. The average molecular weight is 956 g/mol. The van der Waals surface area contributed by atoms with E-state index in [1.54, 1.807) is 12.3 Å². The van der Waals surface area contributed by atoms with Gasteiger partial charge in [-0.3, -0.25) is 19.2 Å². The van der Waals surface area contributed by atoms with E-state index < -0.39 is 18.1 Å². The molecule has 0 radical (unpaired) electrons. The number of carboxylic acid groups (broad SMARTS) is 1. The number of rotatable bonds is 36. The molecule has 0 fully saturated rings. The van der Waals surface area contributed by atoms with Crippen molar-refractivity contribution in [2.75, 3.05) is 104 Å². The third kappa shape index (κ3) is 21.8. The van der Waals surface area contributed by atoms with Crippen LogP contribution in [0.15, 0.2) is 84.1 Å². The van der Waals surface area contributed by atoms with E-state index in [9.17, 15) is 24.3 Å². The number of amides is 3. The number of carbonyl (C=O) groups is 4. The third-order valence-electron chi connectivity index (χ3n) is 10.6. The largest absolute Gasteiger partial charge is 0.481 e. The summed E-state index contributed by atoms with van der Waals surface area (Å²) in [4.78, 5) is 58.9. The summed E-state index contributed by atoms with van der Waals surface area (Å²) in [7, 11) is 0. The zero-order chi connectivity index (χ0) is 49.5. The van der Waals surface area contributed by atoms with E-state index in [-0.39, 0.29) is 49.8 Å². The number of hydrogen-bond donors (Lipinski definition) is 6. The predicted octanol–water partition coefficient (Wildman–Crippen LogP) is 5.98. The number of carbonyl (C=O) groups excluding carboxylic acids is 3. The maximum absolute atomic E-state index is 13.9. The van der Waals surface area contributed by atoms with Gasteiger partial charge in [0.25, 0.3) is 5.91 Å². The second-order valence-corrected chi connectivity index (χ2v) is 16.5. The van der Waals surface area contributed by atoms with E-state index in [1.165, 1.54) is 0 Å². The summed E-state index contributed by atoms with van der Waals surface area (Å²) in [5, 5.41) is 29.8. The first-order chi connectivity index (χ1) is 33.5. The van der Waals surface area contributed by atoms with Gasteiger partial charge in [0.2, 0.25) is 11.8 Å². The minimum Gasteiger partial charge on any atom is -0.481 e. The smallest absolute Gasteiger partial charge is 0.305 e. The number of nitrogens with one attached hydrogen (secondary N) is 5. The van der Waals surface area contributed by atoms with Crippen LogP contribution in [0.5, 0.6) is 0 Å². The molecule has 4 aromatic rings. The fourth-order valence-electron chi connectivity index (χ4n) is 7.18. The van der Waals surface area contributed by atoms with Crippen LogP contribution in [0.3, 0.4) is 0 Å². The Bertz CT molecular complexity index is 2220. The molecule has 3 amide bonds. The van der Waals surface area contributed by atoms with E-state index in [0.717, 1.165) is 47.3 Å². The van der Waals surface area contributed by atoms with Crippen LogP contribution in [0.4, 0.5) is 5.82 Å². The molecule has 374 valence electrons. The van der Waals surface area contributed by atoms with Gasteiger partial charge in [0.05, 0.1) is 85.1 Å². The first-order valence-electron chi connectivity index (χ1n) is 23.5. The molecule has 1 heterocycles. The molecule has 19 heteroatoms. The molecule has 0 aliphatic carbocycles. The number of unbranched alkanes of at least 4 members (excludes halogenated alkanes) is 1. The van der Waals surface area contributed by atoms with Gasteiger partial charge in [0, 0.05) is 36.3 Å². The van der Waals surface area contributed by atoms with Crippen molar-refractivity contribution in [1.29, 1.82) is 0 Å². The number of azide groups is 1. The molecule has 0 saturated carbocycles. The maximum atomic E-state index is 13.9. The molecular weight excluding hydrogens is 887 g/mol. The van der Waals surface area contributed by atoms with Crippen LogP contribution in [-0.2, 0) is 38.1 Å². The Morgan fingerprint density at radius 1 is 0.754 bits per heavy atom. The van der Waals surface area contributed by atoms with Crippen LogP contribution in [0.1, 0.15) is 67.1 Å². The van der Waals surface area contributed by atoms with Gasteiger partial charge in [-0.1, -0.05) is 73.6 Å². The molecule has 0 spiro atoms. The Hall–Kier alpha value is -6.18. The van der Waals surface area contributed by atoms with Crippen molar-refractivity contribution in [2.24, 2.45) is 11.0 Å². The Morgan fingerprint density at radius 3 is 2.03 bits per heavy atom. The molecule has 0 bridgehead atoms. The standard InChI is InChI=1S/C50H69N9O10/c1-36(2)32-45(50(64)55-20-22-65-24-26-67-28-30-69-31-29-68-27-25-66-23-21-56-59-51)58-49(63)43-15-14-40(41-8-4-5-9-42(41)43)38-10-12-39(13-11-38)44(34-48(61)62)57-47(60)35-52-17-6-7-18-53-46-33-37(3)16-19-54-46/h4-5,8-16,19,33,36,44-45,52H,6-7,17-18,20-32,34-35H2,1-3H3,(H,53,54)(H,55,64)(H,57,60)(H,58,63)(H,61,62)/t44-,45-/m0/s1. The lowest BCUT2D eigenvalue weighted by atomic mass is 9.93. The third-order valence-corrected chi connectivity index (χ3v) is 10.6. The Kier molecular flexibility index (Phi) is 26.1. The maximum Gasteiger partial charge on any atom is 0.305 e. The summed E-state index contributed by atoms with van der Waals surface area (Å²) in [5.41, 5.74) is 12.1. The van der Waals surface area contributed by atoms with E-state index in [0.29, 0.717) is 95.5 Å².